The minimum atomic E-state index is -2.52. The van der Waals surface area contributed by atoms with Crippen LogP contribution in [0.1, 0.15) is 5.01 Å². The highest BCUT2D eigenvalue weighted by atomic mass is 32.1. The van der Waals surface area contributed by atoms with Gasteiger partial charge in [-0.05, 0) is 0 Å². The van der Waals surface area contributed by atoms with Crippen LogP contribution in [0.25, 0.3) is 0 Å². The smallest absolute Gasteiger partial charge is 0.294 e. The molecule has 0 aliphatic rings. The van der Waals surface area contributed by atoms with Crippen molar-refractivity contribution in [3.63, 3.8) is 0 Å². The van der Waals surface area contributed by atoms with Gasteiger partial charge in [0, 0.05) is 0 Å². The second kappa shape index (κ2) is 4.27. The van der Waals surface area contributed by atoms with Gasteiger partial charge in [-0.15, -0.1) is 5.10 Å². The zero-order chi connectivity index (χ0) is 8.97. The number of alkyl halides is 2. The first kappa shape index (κ1) is 9.27. The molecule has 0 aliphatic carbocycles. The number of halogens is 2. The van der Waals surface area contributed by atoms with Crippen molar-refractivity contribution in [2.45, 2.75) is 13.0 Å². The van der Waals surface area contributed by atoms with Crippen LogP contribution in [-0.2, 0) is 6.61 Å². The fraction of sp³-hybridized carbons (Fsp3) is 0.600. The van der Waals surface area contributed by atoms with Crippen LogP contribution in [0.15, 0.2) is 0 Å². The van der Waals surface area contributed by atoms with E-state index < -0.39 is 13.0 Å². The van der Waals surface area contributed by atoms with E-state index in [9.17, 15) is 8.78 Å². The summed E-state index contributed by atoms with van der Waals surface area (Å²) < 4.78 is 27.7. The maximum absolute atomic E-state index is 11.6. The Morgan fingerprint density at radius 1 is 1.50 bits per heavy atom. The highest BCUT2D eigenvalue weighted by Gasteiger charge is 2.07. The third-order valence-corrected chi connectivity index (χ3v) is 1.74. The number of aliphatic hydroxyl groups is 1. The molecule has 0 saturated carbocycles. The van der Waals surface area contributed by atoms with Crippen LogP contribution in [0.4, 0.5) is 8.78 Å². The largest absolute Gasteiger partial charge is 0.463 e. The SMILES string of the molecule is OCc1nnc(OCC(F)F)s1. The van der Waals surface area contributed by atoms with E-state index in [1.165, 1.54) is 0 Å². The summed E-state index contributed by atoms with van der Waals surface area (Å²) in [6.45, 7) is -0.949. The lowest BCUT2D eigenvalue weighted by molar-refractivity contribution is 0.0814. The van der Waals surface area contributed by atoms with E-state index in [1.807, 2.05) is 0 Å². The van der Waals surface area contributed by atoms with Crippen LogP contribution < -0.4 is 4.74 Å². The molecule has 68 valence electrons. The Morgan fingerprint density at radius 3 is 2.75 bits per heavy atom. The molecule has 1 rings (SSSR count). The van der Waals surface area contributed by atoms with Crippen LogP contribution in [0, 0.1) is 0 Å². The Kier molecular flexibility index (Phi) is 3.30. The van der Waals surface area contributed by atoms with E-state index in [0.717, 1.165) is 11.3 Å². The van der Waals surface area contributed by atoms with E-state index in [1.54, 1.807) is 0 Å². The molecule has 0 atom stereocenters. The molecule has 0 spiro atoms. The molecule has 0 saturated heterocycles. The first-order valence-corrected chi connectivity index (χ1v) is 3.88. The molecule has 0 unspecified atom stereocenters. The summed E-state index contributed by atoms with van der Waals surface area (Å²) >= 11 is 0.947. The van der Waals surface area contributed by atoms with E-state index in [-0.39, 0.29) is 11.8 Å². The molecule has 4 nitrogen and oxygen atoms in total. The van der Waals surface area contributed by atoms with Gasteiger partial charge >= 0.3 is 0 Å². The lowest BCUT2D eigenvalue weighted by atomic mass is 10.8. The van der Waals surface area contributed by atoms with Crippen molar-refractivity contribution >= 4 is 11.3 Å². The van der Waals surface area contributed by atoms with Gasteiger partial charge in [0.15, 0.2) is 6.61 Å². The number of hydrogen-bond donors (Lipinski definition) is 1. The fourth-order valence-electron chi connectivity index (χ4n) is 0.495. The van der Waals surface area contributed by atoms with E-state index in [4.69, 9.17) is 5.11 Å². The topological polar surface area (TPSA) is 55.2 Å². The number of aromatic nitrogens is 2. The average molecular weight is 196 g/mol. The molecule has 0 amide bonds. The number of hydrogen-bond acceptors (Lipinski definition) is 5. The molecule has 1 heterocycles. The summed E-state index contributed by atoms with van der Waals surface area (Å²) in [5, 5.41) is 15.8. The van der Waals surface area contributed by atoms with Crippen LogP contribution in [-0.4, -0.2) is 28.3 Å². The summed E-state index contributed by atoms with van der Waals surface area (Å²) in [5.41, 5.74) is 0. The Hall–Kier alpha value is -0.820. The monoisotopic (exact) mass is 196 g/mol. The van der Waals surface area contributed by atoms with Crippen LogP contribution in [0.2, 0.25) is 0 Å². The first-order chi connectivity index (χ1) is 5.72. The molecule has 0 bridgehead atoms. The van der Waals surface area contributed by atoms with Gasteiger partial charge in [-0.1, -0.05) is 16.4 Å². The predicted octanol–water partition coefficient (Wildman–Crippen LogP) is 0.674. The van der Waals surface area contributed by atoms with Crippen molar-refractivity contribution in [2.24, 2.45) is 0 Å². The highest BCUT2D eigenvalue weighted by molar-refractivity contribution is 7.13. The Balaban J connectivity index is 2.41. The standard InChI is InChI=1S/C5H6F2N2O2S/c6-3(7)2-11-5-9-8-4(1-10)12-5/h3,10H,1-2H2. The van der Waals surface area contributed by atoms with Gasteiger partial charge in [-0.2, -0.15) is 0 Å². The highest BCUT2D eigenvalue weighted by Crippen LogP contribution is 2.17. The lowest BCUT2D eigenvalue weighted by Gasteiger charge is -1.97. The zero-order valence-electron chi connectivity index (χ0n) is 5.91. The molecule has 0 radical (unpaired) electrons. The number of nitrogens with zero attached hydrogens (tertiary/aromatic N) is 2. The Morgan fingerprint density at radius 2 is 2.25 bits per heavy atom. The van der Waals surface area contributed by atoms with Gasteiger partial charge < -0.3 is 9.84 Å². The van der Waals surface area contributed by atoms with Crippen molar-refractivity contribution in [3.8, 4) is 5.19 Å². The van der Waals surface area contributed by atoms with Gasteiger partial charge in [0.2, 0.25) is 0 Å². The maximum Gasteiger partial charge on any atom is 0.294 e. The van der Waals surface area contributed by atoms with Gasteiger partial charge in [-0.3, -0.25) is 0 Å². The number of ether oxygens (including phenoxy) is 1. The fourth-order valence-corrected chi connectivity index (χ4v) is 1.05. The first-order valence-electron chi connectivity index (χ1n) is 3.06. The molecule has 0 fully saturated rings. The second-order valence-electron chi connectivity index (χ2n) is 1.82. The third-order valence-electron chi connectivity index (χ3n) is 0.916. The minimum Gasteiger partial charge on any atom is -0.463 e. The van der Waals surface area contributed by atoms with Gasteiger partial charge in [0.1, 0.15) is 5.01 Å². The van der Waals surface area contributed by atoms with Gasteiger partial charge in [-0.25, -0.2) is 8.78 Å². The van der Waals surface area contributed by atoms with Crippen molar-refractivity contribution in [1.82, 2.24) is 10.2 Å². The van der Waals surface area contributed by atoms with Crippen molar-refractivity contribution < 1.29 is 18.6 Å². The Labute approximate surface area is 70.8 Å². The van der Waals surface area contributed by atoms with Crippen molar-refractivity contribution in [1.29, 1.82) is 0 Å². The third kappa shape index (κ3) is 2.67. The molecule has 0 aliphatic heterocycles. The lowest BCUT2D eigenvalue weighted by Crippen LogP contribution is -2.06. The van der Waals surface area contributed by atoms with Crippen LogP contribution in [0.3, 0.4) is 0 Å². The van der Waals surface area contributed by atoms with Crippen molar-refractivity contribution in [2.75, 3.05) is 6.61 Å². The Bertz CT molecular complexity index is 243. The summed E-state index contributed by atoms with van der Waals surface area (Å²) in [7, 11) is 0. The zero-order valence-corrected chi connectivity index (χ0v) is 6.72. The van der Waals surface area contributed by atoms with E-state index >= 15 is 0 Å². The van der Waals surface area contributed by atoms with Crippen molar-refractivity contribution in [3.05, 3.63) is 5.01 Å². The maximum atomic E-state index is 11.6. The quantitative estimate of drug-likeness (QED) is 0.769. The molecule has 1 aromatic rings. The summed E-state index contributed by atoms with van der Waals surface area (Å²) in [5.74, 6) is 0. The summed E-state index contributed by atoms with van der Waals surface area (Å²) in [6.07, 6.45) is -2.52. The molecule has 0 aromatic carbocycles. The molecule has 7 heteroatoms. The molecule has 12 heavy (non-hydrogen) atoms. The minimum absolute atomic E-state index is 0.0550. The normalized spacial score (nSPS) is 10.7. The summed E-state index contributed by atoms with van der Waals surface area (Å²) in [4.78, 5) is 0. The number of aliphatic hydroxyl groups excluding tert-OH is 1. The van der Waals surface area contributed by atoms with E-state index in [0.29, 0.717) is 5.01 Å². The van der Waals surface area contributed by atoms with E-state index in [2.05, 4.69) is 14.9 Å². The molecule has 1 N–H and O–H groups in total. The average Bonchev–Trinajstić information content (AvgIpc) is 2.48. The summed E-state index contributed by atoms with van der Waals surface area (Å²) in [6, 6.07) is 0. The molecule has 1 aromatic heterocycles. The van der Waals surface area contributed by atoms with Gasteiger partial charge in [0.05, 0.1) is 6.61 Å². The van der Waals surface area contributed by atoms with Gasteiger partial charge in [0.25, 0.3) is 11.6 Å². The molecular formula is C5H6F2N2O2S. The number of rotatable bonds is 4. The van der Waals surface area contributed by atoms with Crippen LogP contribution >= 0.6 is 11.3 Å². The molecular weight excluding hydrogens is 190 g/mol. The predicted molar refractivity (Wildman–Crippen MR) is 37.3 cm³/mol. The second-order valence-corrected chi connectivity index (χ2v) is 2.85. The van der Waals surface area contributed by atoms with Crippen LogP contribution in [0.5, 0.6) is 5.19 Å².